The Kier molecular flexibility index (Phi) is 4.92. The lowest BCUT2D eigenvalue weighted by atomic mass is 9.72. The molecular formula is C13H23ClN2O4. The van der Waals surface area contributed by atoms with E-state index in [2.05, 4.69) is 5.32 Å². The van der Waals surface area contributed by atoms with Crippen molar-refractivity contribution in [2.24, 2.45) is 11.3 Å². The fourth-order valence-corrected chi connectivity index (χ4v) is 2.78. The third-order valence-electron chi connectivity index (χ3n) is 3.71. The second-order valence-corrected chi connectivity index (χ2v) is 6.41. The molecule has 1 amide bonds. The van der Waals surface area contributed by atoms with Crippen molar-refractivity contribution in [3.63, 3.8) is 0 Å². The predicted molar refractivity (Wildman–Crippen MR) is 75.9 cm³/mol. The van der Waals surface area contributed by atoms with Crippen LogP contribution in [-0.2, 0) is 14.3 Å². The lowest BCUT2D eigenvalue weighted by Gasteiger charge is -2.49. The van der Waals surface area contributed by atoms with E-state index >= 15 is 0 Å². The molecule has 0 saturated carbocycles. The van der Waals surface area contributed by atoms with Gasteiger partial charge < -0.3 is 19.7 Å². The van der Waals surface area contributed by atoms with E-state index in [1.54, 1.807) is 4.90 Å². The van der Waals surface area contributed by atoms with Gasteiger partial charge in [0, 0.05) is 31.6 Å². The van der Waals surface area contributed by atoms with Gasteiger partial charge in [-0.15, -0.1) is 12.4 Å². The fourth-order valence-electron chi connectivity index (χ4n) is 2.78. The summed E-state index contributed by atoms with van der Waals surface area (Å²) in [5.41, 5.74) is -0.667. The number of rotatable bonds is 1. The molecule has 0 aromatic heterocycles. The van der Waals surface area contributed by atoms with Crippen LogP contribution in [0.4, 0.5) is 4.79 Å². The van der Waals surface area contributed by atoms with Crippen LogP contribution in [0.1, 0.15) is 20.8 Å². The number of hydrogen-bond acceptors (Lipinski definition) is 5. The second-order valence-electron chi connectivity index (χ2n) is 6.41. The number of ether oxygens (including phenoxy) is 2. The number of carbonyl (C=O) groups excluding carboxylic acids is 2. The minimum Gasteiger partial charge on any atom is -0.469 e. The summed E-state index contributed by atoms with van der Waals surface area (Å²) in [5, 5.41) is 3.21. The third-order valence-corrected chi connectivity index (χ3v) is 3.71. The highest BCUT2D eigenvalue weighted by Crippen LogP contribution is 2.41. The molecular weight excluding hydrogens is 284 g/mol. The van der Waals surface area contributed by atoms with Crippen molar-refractivity contribution in [1.82, 2.24) is 10.2 Å². The van der Waals surface area contributed by atoms with Crippen molar-refractivity contribution in [2.75, 3.05) is 33.3 Å². The maximum Gasteiger partial charge on any atom is 0.410 e. The zero-order valence-electron chi connectivity index (χ0n) is 12.4. The number of nitrogens with one attached hydrogen (secondary N) is 1. The van der Waals surface area contributed by atoms with Crippen LogP contribution in [0, 0.1) is 11.3 Å². The summed E-state index contributed by atoms with van der Waals surface area (Å²) in [6.07, 6.45) is -0.311. The quantitative estimate of drug-likeness (QED) is 0.733. The maximum absolute atomic E-state index is 11.9. The standard InChI is InChI=1S/C13H22N2O4.ClH/c1-12(2,3)19-11(17)15-7-13(8-15)6-14-5-9(13)10(16)18-4;/h9,14H,5-8H2,1-4H3;1H. The molecule has 1 unspecified atom stereocenters. The molecule has 0 bridgehead atoms. The van der Waals surface area contributed by atoms with Gasteiger partial charge in [-0.05, 0) is 20.8 Å². The molecule has 2 aliphatic rings. The van der Waals surface area contributed by atoms with Gasteiger partial charge in [0.25, 0.3) is 0 Å². The summed E-state index contributed by atoms with van der Waals surface area (Å²) in [4.78, 5) is 25.3. The number of amides is 1. The van der Waals surface area contributed by atoms with Crippen LogP contribution in [0.15, 0.2) is 0 Å². The van der Waals surface area contributed by atoms with E-state index in [0.29, 0.717) is 19.6 Å². The monoisotopic (exact) mass is 306 g/mol. The highest BCUT2D eigenvalue weighted by Gasteiger charge is 2.56. The number of likely N-dealkylation sites (tertiary alicyclic amines) is 1. The molecule has 2 heterocycles. The SMILES string of the molecule is COC(=O)C1CNCC12CN(C(=O)OC(C)(C)C)C2.Cl. The largest absolute Gasteiger partial charge is 0.469 e. The minimum atomic E-state index is -0.491. The molecule has 6 nitrogen and oxygen atoms in total. The van der Waals surface area contributed by atoms with Crippen LogP contribution in [0.5, 0.6) is 0 Å². The van der Waals surface area contributed by atoms with Crippen molar-refractivity contribution in [3.8, 4) is 0 Å². The highest BCUT2D eigenvalue weighted by molar-refractivity contribution is 5.85. The van der Waals surface area contributed by atoms with Crippen LogP contribution >= 0.6 is 12.4 Å². The van der Waals surface area contributed by atoms with Crippen molar-refractivity contribution >= 4 is 24.5 Å². The Balaban J connectivity index is 0.00000200. The normalized spacial score (nSPS) is 23.8. The Morgan fingerprint density at radius 3 is 2.40 bits per heavy atom. The van der Waals surface area contributed by atoms with Crippen LogP contribution in [0.25, 0.3) is 0 Å². The summed E-state index contributed by atoms with van der Waals surface area (Å²) < 4.78 is 10.1. The molecule has 0 aromatic carbocycles. The lowest BCUT2D eigenvalue weighted by Crippen LogP contribution is -2.63. The zero-order valence-corrected chi connectivity index (χ0v) is 13.2. The molecule has 0 aromatic rings. The summed E-state index contributed by atoms with van der Waals surface area (Å²) >= 11 is 0. The van der Waals surface area contributed by atoms with Crippen molar-refractivity contribution in [3.05, 3.63) is 0 Å². The van der Waals surface area contributed by atoms with Gasteiger partial charge in [-0.2, -0.15) is 0 Å². The van der Waals surface area contributed by atoms with Crippen LogP contribution < -0.4 is 5.32 Å². The zero-order chi connectivity index (χ0) is 14.3. The van der Waals surface area contributed by atoms with Gasteiger partial charge in [-0.3, -0.25) is 4.79 Å². The Bertz CT molecular complexity index is 388. The Morgan fingerprint density at radius 2 is 1.90 bits per heavy atom. The van der Waals surface area contributed by atoms with Gasteiger partial charge in [-0.25, -0.2) is 4.79 Å². The Labute approximate surface area is 125 Å². The topological polar surface area (TPSA) is 67.9 Å². The smallest absolute Gasteiger partial charge is 0.410 e. The minimum absolute atomic E-state index is 0. The highest BCUT2D eigenvalue weighted by atomic mass is 35.5. The number of esters is 1. The summed E-state index contributed by atoms with van der Waals surface area (Å²) in [7, 11) is 1.40. The number of methoxy groups -OCH3 is 1. The fraction of sp³-hybridized carbons (Fsp3) is 0.846. The van der Waals surface area contributed by atoms with Gasteiger partial charge in [-0.1, -0.05) is 0 Å². The van der Waals surface area contributed by atoms with E-state index in [4.69, 9.17) is 9.47 Å². The Morgan fingerprint density at radius 1 is 1.30 bits per heavy atom. The average Bonchev–Trinajstić information content (AvgIpc) is 2.67. The second kappa shape index (κ2) is 5.77. The van der Waals surface area contributed by atoms with E-state index in [1.165, 1.54) is 7.11 Å². The summed E-state index contributed by atoms with van der Waals surface area (Å²) in [6.45, 7) is 7.99. The van der Waals surface area contributed by atoms with Crippen LogP contribution in [0.3, 0.4) is 0 Å². The molecule has 2 fully saturated rings. The van der Waals surface area contributed by atoms with Crippen molar-refractivity contribution < 1.29 is 19.1 Å². The first-order valence-corrected chi connectivity index (χ1v) is 6.54. The van der Waals surface area contributed by atoms with E-state index < -0.39 is 5.60 Å². The van der Waals surface area contributed by atoms with Gasteiger partial charge in [0.15, 0.2) is 0 Å². The average molecular weight is 307 g/mol. The molecule has 7 heteroatoms. The predicted octanol–water partition coefficient (Wildman–Crippen LogP) is 1.04. The van der Waals surface area contributed by atoms with Crippen molar-refractivity contribution in [1.29, 1.82) is 0 Å². The van der Waals surface area contributed by atoms with E-state index in [9.17, 15) is 9.59 Å². The summed E-state index contributed by atoms with van der Waals surface area (Å²) in [5.74, 6) is -0.370. The van der Waals surface area contributed by atoms with E-state index in [-0.39, 0.29) is 35.8 Å². The third kappa shape index (κ3) is 3.17. The van der Waals surface area contributed by atoms with Crippen LogP contribution in [-0.4, -0.2) is 55.9 Å². The number of hydrogen-bond donors (Lipinski definition) is 1. The first-order chi connectivity index (χ1) is 8.77. The molecule has 116 valence electrons. The number of carbonyl (C=O) groups is 2. The number of nitrogens with zero attached hydrogens (tertiary/aromatic N) is 1. The summed E-state index contributed by atoms with van der Waals surface area (Å²) in [6, 6.07) is 0. The Hall–Kier alpha value is -1.01. The van der Waals surface area contributed by atoms with Gasteiger partial charge >= 0.3 is 12.1 Å². The molecule has 1 spiro atoms. The molecule has 0 radical (unpaired) electrons. The van der Waals surface area contributed by atoms with Gasteiger partial charge in [0.05, 0.1) is 13.0 Å². The van der Waals surface area contributed by atoms with Gasteiger partial charge in [0.2, 0.25) is 0 Å². The molecule has 2 rings (SSSR count). The molecule has 2 aliphatic heterocycles. The van der Waals surface area contributed by atoms with Crippen LogP contribution in [0.2, 0.25) is 0 Å². The molecule has 1 atom stereocenters. The first-order valence-electron chi connectivity index (χ1n) is 6.54. The molecule has 2 saturated heterocycles. The van der Waals surface area contributed by atoms with Gasteiger partial charge in [0.1, 0.15) is 5.60 Å². The molecule has 1 N–H and O–H groups in total. The first kappa shape index (κ1) is 17.0. The maximum atomic E-state index is 11.9. The number of halogens is 1. The molecule has 20 heavy (non-hydrogen) atoms. The van der Waals surface area contributed by atoms with Crippen molar-refractivity contribution in [2.45, 2.75) is 26.4 Å². The lowest BCUT2D eigenvalue weighted by molar-refractivity contribution is -0.153. The van der Waals surface area contributed by atoms with E-state index in [1.807, 2.05) is 20.8 Å². The molecule has 0 aliphatic carbocycles. The van der Waals surface area contributed by atoms with E-state index in [0.717, 1.165) is 6.54 Å².